The molecule has 0 radical (unpaired) electrons. The Balaban J connectivity index is 2.16. The second kappa shape index (κ2) is 4.66. The Morgan fingerprint density at radius 2 is 2.00 bits per heavy atom. The minimum absolute atomic E-state index is 0.0334. The van der Waals surface area contributed by atoms with E-state index in [1.54, 1.807) is 12.3 Å². The van der Waals surface area contributed by atoms with E-state index in [0.717, 1.165) is 31.5 Å². The minimum atomic E-state index is -2.42. The number of piperidine rings is 1. The molecule has 0 amide bonds. The summed E-state index contributed by atoms with van der Waals surface area (Å²) >= 11 is 0. The number of halogens is 2. The largest absolute Gasteiger partial charge is 0.317 e. The fourth-order valence-corrected chi connectivity index (χ4v) is 1.97. The van der Waals surface area contributed by atoms with E-state index in [1.807, 2.05) is 0 Å². The lowest BCUT2D eigenvalue weighted by molar-refractivity contribution is 0.151. The van der Waals surface area contributed by atoms with Gasteiger partial charge >= 0.3 is 0 Å². The number of nitrogens with zero attached hydrogens (tertiary/aromatic N) is 1. The Morgan fingerprint density at radius 3 is 2.67 bits per heavy atom. The molecule has 1 saturated heterocycles. The number of aromatic nitrogens is 1. The molecule has 1 fully saturated rings. The van der Waals surface area contributed by atoms with Gasteiger partial charge in [-0.3, -0.25) is 4.98 Å². The smallest absolute Gasteiger partial charge is 0.265 e. The Kier molecular flexibility index (Phi) is 3.26. The van der Waals surface area contributed by atoms with Crippen molar-refractivity contribution in [2.24, 2.45) is 0 Å². The molecule has 0 aromatic carbocycles. The number of hydrogen-bond acceptors (Lipinski definition) is 2. The zero-order valence-electron chi connectivity index (χ0n) is 8.42. The Morgan fingerprint density at radius 1 is 1.27 bits per heavy atom. The van der Waals surface area contributed by atoms with Gasteiger partial charge in [0, 0.05) is 18.0 Å². The van der Waals surface area contributed by atoms with Gasteiger partial charge in [0.05, 0.1) is 0 Å². The van der Waals surface area contributed by atoms with E-state index in [4.69, 9.17) is 0 Å². The SMILES string of the molecule is FC(F)c1cncc(C2CCNCC2)c1. The molecule has 0 bridgehead atoms. The van der Waals surface area contributed by atoms with E-state index in [1.165, 1.54) is 6.20 Å². The lowest BCUT2D eigenvalue weighted by Gasteiger charge is -2.22. The number of hydrogen-bond donors (Lipinski definition) is 1. The van der Waals surface area contributed by atoms with E-state index in [-0.39, 0.29) is 5.56 Å². The van der Waals surface area contributed by atoms with Gasteiger partial charge in [0.2, 0.25) is 0 Å². The molecule has 0 spiro atoms. The number of nitrogens with one attached hydrogen (secondary N) is 1. The van der Waals surface area contributed by atoms with Gasteiger partial charge < -0.3 is 5.32 Å². The monoisotopic (exact) mass is 212 g/mol. The summed E-state index contributed by atoms with van der Waals surface area (Å²) in [5, 5.41) is 3.25. The van der Waals surface area contributed by atoms with Gasteiger partial charge in [-0.15, -0.1) is 0 Å². The second-order valence-corrected chi connectivity index (χ2v) is 3.88. The van der Waals surface area contributed by atoms with Crippen LogP contribution < -0.4 is 5.32 Å². The van der Waals surface area contributed by atoms with E-state index in [0.29, 0.717) is 5.92 Å². The van der Waals surface area contributed by atoms with Crippen LogP contribution in [0.15, 0.2) is 18.5 Å². The van der Waals surface area contributed by atoms with Crippen LogP contribution in [0.5, 0.6) is 0 Å². The van der Waals surface area contributed by atoms with Gasteiger partial charge in [-0.05, 0) is 43.5 Å². The Labute approximate surface area is 87.7 Å². The highest BCUT2D eigenvalue weighted by Crippen LogP contribution is 2.27. The van der Waals surface area contributed by atoms with E-state index >= 15 is 0 Å². The first-order valence-corrected chi connectivity index (χ1v) is 5.21. The van der Waals surface area contributed by atoms with Crippen molar-refractivity contribution in [3.63, 3.8) is 0 Å². The summed E-state index contributed by atoms with van der Waals surface area (Å²) < 4.78 is 24.9. The Hall–Kier alpha value is -1.03. The van der Waals surface area contributed by atoms with Gasteiger partial charge in [0.15, 0.2) is 0 Å². The third kappa shape index (κ3) is 2.50. The zero-order chi connectivity index (χ0) is 10.7. The number of rotatable bonds is 2. The molecule has 82 valence electrons. The van der Waals surface area contributed by atoms with Crippen molar-refractivity contribution >= 4 is 0 Å². The summed E-state index contributed by atoms with van der Waals surface area (Å²) in [6.45, 7) is 1.92. The van der Waals surface area contributed by atoms with Crippen molar-refractivity contribution in [3.05, 3.63) is 29.6 Å². The van der Waals surface area contributed by atoms with E-state index in [2.05, 4.69) is 10.3 Å². The van der Waals surface area contributed by atoms with Crippen molar-refractivity contribution < 1.29 is 8.78 Å². The number of alkyl halides is 2. The maximum absolute atomic E-state index is 12.5. The lowest BCUT2D eigenvalue weighted by Crippen LogP contribution is -2.26. The average molecular weight is 212 g/mol. The topological polar surface area (TPSA) is 24.9 Å². The summed E-state index contributed by atoms with van der Waals surface area (Å²) in [5.41, 5.74) is 0.986. The lowest BCUT2D eigenvalue weighted by atomic mass is 9.91. The molecule has 0 unspecified atom stereocenters. The standard InChI is InChI=1S/C11H14F2N2/c12-11(13)10-5-9(6-15-7-10)8-1-3-14-4-2-8/h5-8,11,14H,1-4H2. The predicted molar refractivity (Wildman–Crippen MR) is 54.0 cm³/mol. The quantitative estimate of drug-likeness (QED) is 0.814. The molecule has 1 aliphatic rings. The second-order valence-electron chi connectivity index (χ2n) is 3.88. The fraction of sp³-hybridized carbons (Fsp3) is 0.545. The third-order valence-corrected chi connectivity index (χ3v) is 2.84. The van der Waals surface area contributed by atoms with Gasteiger partial charge in [-0.1, -0.05) is 0 Å². The van der Waals surface area contributed by atoms with Gasteiger partial charge in [0.1, 0.15) is 0 Å². The first-order chi connectivity index (χ1) is 7.27. The molecule has 1 aromatic rings. The van der Waals surface area contributed by atoms with E-state index in [9.17, 15) is 8.78 Å². The van der Waals surface area contributed by atoms with Crippen LogP contribution in [0.25, 0.3) is 0 Å². The highest BCUT2D eigenvalue weighted by molar-refractivity contribution is 5.23. The molecule has 2 nitrogen and oxygen atoms in total. The first kappa shape index (κ1) is 10.5. The zero-order valence-corrected chi connectivity index (χ0v) is 8.42. The van der Waals surface area contributed by atoms with Crippen molar-refractivity contribution in [1.82, 2.24) is 10.3 Å². The van der Waals surface area contributed by atoms with E-state index < -0.39 is 6.43 Å². The summed E-state index contributed by atoms with van der Waals surface area (Å²) in [4.78, 5) is 3.88. The van der Waals surface area contributed by atoms with Gasteiger partial charge in [0.25, 0.3) is 6.43 Å². The molecule has 0 atom stereocenters. The summed E-state index contributed by atoms with van der Waals surface area (Å²) in [5.74, 6) is 0.387. The minimum Gasteiger partial charge on any atom is -0.317 e. The van der Waals surface area contributed by atoms with Crippen LogP contribution in [-0.2, 0) is 0 Å². The fourth-order valence-electron chi connectivity index (χ4n) is 1.97. The molecule has 1 aromatic heterocycles. The van der Waals surface area contributed by atoms with Crippen LogP contribution >= 0.6 is 0 Å². The van der Waals surface area contributed by atoms with Gasteiger partial charge in [-0.2, -0.15) is 0 Å². The molecule has 0 saturated carbocycles. The molecular formula is C11H14F2N2. The molecular weight excluding hydrogens is 198 g/mol. The van der Waals surface area contributed by atoms with Crippen LogP contribution in [0.2, 0.25) is 0 Å². The van der Waals surface area contributed by atoms with Crippen molar-refractivity contribution in [2.45, 2.75) is 25.2 Å². The molecule has 1 aliphatic heterocycles. The molecule has 2 heterocycles. The van der Waals surface area contributed by atoms with Crippen LogP contribution in [-0.4, -0.2) is 18.1 Å². The first-order valence-electron chi connectivity index (χ1n) is 5.21. The predicted octanol–water partition coefficient (Wildman–Crippen LogP) is 2.49. The molecule has 1 N–H and O–H groups in total. The molecule has 2 rings (SSSR count). The van der Waals surface area contributed by atoms with Crippen LogP contribution in [0.1, 0.15) is 36.3 Å². The van der Waals surface area contributed by atoms with Crippen molar-refractivity contribution in [2.75, 3.05) is 13.1 Å². The van der Waals surface area contributed by atoms with Crippen LogP contribution in [0.3, 0.4) is 0 Å². The Bertz CT molecular complexity index is 322. The maximum atomic E-state index is 12.5. The third-order valence-electron chi connectivity index (χ3n) is 2.84. The molecule has 0 aliphatic carbocycles. The summed E-state index contributed by atoms with van der Waals surface area (Å²) in [7, 11) is 0. The highest BCUT2D eigenvalue weighted by Gasteiger charge is 2.17. The van der Waals surface area contributed by atoms with Crippen LogP contribution in [0, 0.1) is 0 Å². The van der Waals surface area contributed by atoms with Crippen LogP contribution in [0.4, 0.5) is 8.78 Å². The number of pyridine rings is 1. The normalized spacial score (nSPS) is 18.3. The summed E-state index contributed by atoms with van der Waals surface area (Å²) in [6.07, 6.45) is 2.55. The maximum Gasteiger partial charge on any atom is 0.265 e. The summed E-state index contributed by atoms with van der Waals surface area (Å²) in [6, 6.07) is 1.59. The van der Waals surface area contributed by atoms with Gasteiger partial charge in [-0.25, -0.2) is 8.78 Å². The highest BCUT2D eigenvalue weighted by atomic mass is 19.3. The van der Waals surface area contributed by atoms with Crippen molar-refractivity contribution in [1.29, 1.82) is 0 Å². The van der Waals surface area contributed by atoms with Crippen molar-refractivity contribution in [3.8, 4) is 0 Å². The average Bonchev–Trinajstić information content (AvgIpc) is 2.30. The molecule has 4 heteroatoms. The molecule has 15 heavy (non-hydrogen) atoms.